The molecule has 1 amide bonds. The lowest BCUT2D eigenvalue weighted by molar-refractivity contribution is -0.149. The van der Waals surface area contributed by atoms with E-state index in [1.807, 2.05) is 19.2 Å². The number of carbonyl (C=O) groups excluding carboxylic acids is 1. The number of aliphatic carboxylic acids is 1. The Bertz CT molecular complexity index is 551. The highest BCUT2D eigenvalue weighted by atomic mass is 32.1. The predicted octanol–water partition coefficient (Wildman–Crippen LogP) is 3.39. The Morgan fingerprint density at radius 2 is 2.04 bits per heavy atom. The molecule has 0 radical (unpaired) electrons. The molecule has 1 unspecified atom stereocenters. The van der Waals surface area contributed by atoms with E-state index >= 15 is 0 Å². The number of amides is 1. The molecular weight excluding hydrogens is 316 g/mol. The number of thiazole rings is 1. The molecule has 0 fully saturated rings. The first kappa shape index (κ1) is 19.4. The molecule has 1 heterocycles. The molecule has 2 N–H and O–H groups in total. The minimum absolute atomic E-state index is 0.0176. The summed E-state index contributed by atoms with van der Waals surface area (Å²) in [7, 11) is 0. The third-order valence-corrected chi connectivity index (χ3v) is 4.28. The molecule has 0 aliphatic heterocycles. The third-order valence-electron chi connectivity index (χ3n) is 3.31. The molecule has 23 heavy (non-hydrogen) atoms. The van der Waals surface area contributed by atoms with Crippen LogP contribution in [0.3, 0.4) is 0 Å². The maximum absolute atomic E-state index is 11.9. The van der Waals surface area contributed by atoms with Crippen molar-refractivity contribution >= 4 is 23.4 Å². The highest BCUT2D eigenvalue weighted by Crippen LogP contribution is 2.30. The number of rotatable bonds is 7. The summed E-state index contributed by atoms with van der Waals surface area (Å²) in [5, 5.41) is 15.0. The molecule has 0 spiro atoms. The number of hydrogen-bond acceptors (Lipinski definition) is 5. The number of alkyl carbamates (subject to hydrolysis) is 1. The normalized spacial score (nSPS) is 14.1. The van der Waals surface area contributed by atoms with Crippen molar-refractivity contribution in [1.29, 1.82) is 0 Å². The first-order valence-electron chi connectivity index (χ1n) is 7.69. The first-order valence-corrected chi connectivity index (χ1v) is 8.57. The van der Waals surface area contributed by atoms with E-state index in [1.54, 1.807) is 20.8 Å². The largest absolute Gasteiger partial charge is 0.481 e. The molecule has 0 aliphatic rings. The molecule has 6 nitrogen and oxygen atoms in total. The Balaban J connectivity index is 2.86. The fourth-order valence-electron chi connectivity index (χ4n) is 2.30. The van der Waals surface area contributed by atoms with Crippen LogP contribution in [-0.4, -0.2) is 34.3 Å². The number of carbonyl (C=O) groups is 2. The molecule has 1 atom stereocenters. The summed E-state index contributed by atoms with van der Waals surface area (Å²) in [5.74, 6) is -0.928. The van der Waals surface area contributed by atoms with Crippen LogP contribution in [0.2, 0.25) is 0 Å². The van der Waals surface area contributed by atoms with Gasteiger partial charge in [0.15, 0.2) is 0 Å². The minimum atomic E-state index is -1.07. The molecule has 1 rings (SSSR count). The van der Waals surface area contributed by atoms with Crippen molar-refractivity contribution in [2.75, 3.05) is 6.54 Å². The second-order valence-electron chi connectivity index (χ2n) is 6.75. The average molecular weight is 342 g/mol. The van der Waals surface area contributed by atoms with E-state index in [9.17, 15) is 14.7 Å². The summed E-state index contributed by atoms with van der Waals surface area (Å²) in [5.41, 5.74) is -0.816. The number of aromatic nitrogens is 1. The van der Waals surface area contributed by atoms with Crippen LogP contribution in [0.4, 0.5) is 4.79 Å². The van der Waals surface area contributed by atoms with Crippen molar-refractivity contribution in [3.05, 3.63) is 16.1 Å². The predicted molar refractivity (Wildman–Crippen MR) is 89.8 cm³/mol. The Morgan fingerprint density at radius 1 is 1.39 bits per heavy atom. The van der Waals surface area contributed by atoms with Gasteiger partial charge >= 0.3 is 12.1 Å². The average Bonchev–Trinajstić information content (AvgIpc) is 2.79. The van der Waals surface area contributed by atoms with Crippen LogP contribution in [0.1, 0.15) is 51.2 Å². The van der Waals surface area contributed by atoms with Gasteiger partial charge in [0.2, 0.25) is 0 Å². The van der Waals surface area contributed by atoms with Crippen molar-refractivity contribution in [3.63, 3.8) is 0 Å². The molecular formula is C16H26N2O4S. The van der Waals surface area contributed by atoms with Crippen LogP contribution in [0, 0.1) is 12.3 Å². The van der Waals surface area contributed by atoms with Gasteiger partial charge in [-0.25, -0.2) is 9.78 Å². The highest BCUT2D eigenvalue weighted by Gasteiger charge is 2.39. The van der Waals surface area contributed by atoms with Gasteiger partial charge in [0.1, 0.15) is 5.60 Å². The number of hydrogen-bond donors (Lipinski definition) is 2. The van der Waals surface area contributed by atoms with E-state index in [2.05, 4.69) is 10.3 Å². The summed E-state index contributed by atoms with van der Waals surface area (Å²) in [6, 6.07) is 0. The lowest BCUT2D eigenvalue weighted by Crippen LogP contribution is -2.46. The van der Waals surface area contributed by atoms with Crippen molar-refractivity contribution in [2.45, 2.75) is 59.5 Å². The third kappa shape index (κ3) is 6.17. The summed E-state index contributed by atoms with van der Waals surface area (Å²) in [6.07, 6.45) is 0.850. The maximum atomic E-state index is 11.9. The Labute approximate surface area is 141 Å². The molecule has 1 aromatic rings. The Morgan fingerprint density at radius 3 is 2.48 bits per heavy atom. The van der Waals surface area contributed by atoms with Crippen LogP contribution >= 0.6 is 11.3 Å². The number of nitrogens with one attached hydrogen (secondary N) is 1. The first-order chi connectivity index (χ1) is 10.6. The van der Waals surface area contributed by atoms with Crippen molar-refractivity contribution in [2.24, 2.45) is 5.41 Å². The monoisotopic (exact) mass is 342 g/mol. The Hall–Kier alpha value is -1.63. The number of carboxylic acids is 1. The standard InChI is InChI=1S/C16H26N2O4S/c1-6-7-16(13(19)20,8-12-18-11(2)9-23-12)10-17-14(21)22-15(3,4)5/h9H,6-8,10H2,1-5H3,(H,17,21)(H,19,20). The van der Waals surface area contributed by atoms with E-state index in [0.717, 1.165) is 10.7 Å². The zero-order valence-corrected chi connectivity index (χ0v) is 15.2. The van der Waals surface area contributed by atoms with E-state index in [4.69, 9.17) is 4.74 Å². The van der Waals surface area contributed by atoms with Crippen molar-refractivity contribution < 1.29 is 19.4 Å². The van der Waals surface area contributed by atoms with Gasteiger partial charge in [-0.2, -0.15) is 0 Å². The Kier molecular flexibility index (Phi) is 6.56. The number of aryl methyl sites for hydroxylation is 1. The minimum Gasteiger partial charge on any atom is -0.481 e. The zero-order chi connectivity index (χ0) is 17.7. The van der Waals surface area contributed by atoms with Crippen molar-refractivity contribution in [1.82, 2.24) is 10.3 Å². The highest BCUT2D eigenvalue weighted by molar-refractivity contribution is 7.09. The summed E-state index contributed by atoms with van der Waals surface area (Å²) in [6.45, 7) is 9.12. The quantitative estimate of drug-likeness (QED) is 0.793. The summed E-state index contributed by atoms with van der Waals surface area (Å²) in [4.78, 5) is 28.1. The smallest absolute Gasteiger partial charge is 0.407 e. The summed E-state index contributed by atoms with van der Waals surface area (Å²) >= 11 is 1.45. The zero-order valence-electron chi connectivity index (χ0n) is 14.4. The molecule has 0 aliphatic carbocycles. The van der Waals surface area contributed by atoms with Gasteiger partial charge in [-0.05, 0) is 34.1 Å². The van der Waals surface area contributed by atoms with Crippen LogP contribution in [0.15, 0.2) is 5.38 Å². The molecule has 0 bridgehead atoms. The SMILES string of the molecule is CCCC(CNC(=O)OC(C)(C)C)(Cc1nc(C)cs1)C(=O)O. The fourth-order valence-corrected chi connectivity index (χ4v) is 3.22. The van der Waals surface area contributed by atoms with Gasteiger partial charge in [0, 0.05) is 24.0 Å². The van der Waals surface area contributed by atoms with Crippen LogP contribution in [-0.2, 0) is 16.0 Å². The van der Waals surface area contributed by atoms with E-state index in [0.29, 0.717) is 19.3 Å². The number of carboxylic acid groups (broad SMARTS) is 1. The lowest BCUT2D eigenvalue weighted by Gasteiger charge is -2.29. The topological polar surface area (TPSA) is 88.5 Å². The summed E-state index contributed by atoms with van der Waals surface area (Å²) < 4.78 is 5.19. The van der Waals surface area contributed by atoms with Gasteiger partial charge in [-0.3, -0.25) is 4.79 Å². The van der Waals surface area contributed by atoms with E-state index in [-0.39, 0.29) is 6.54 Å². The van der Waals surface area contributed by atoms with Gasteiger partial charge in [-0.1, -0.05) is 13.3 Å². The van der Waals surface area contributed by atoms with Gasteiger partial charge in [0.25, 0.3) is 0 Å². The molecule has 1 aromatic heterocycles. The van der Waals surface area contributed by atoms with Crippen LogP contribution in [0.25, 0.3) is 0 Å². The van der Waals surface area contributed by atoms with Gasteiger partial charge in [-0.15, -0.1) is 11.3 Å². The molecule has 0 saturated heterocycles. The molecule has 130 valence electrons. The van der Waals surface area contributed by atoms with Gasteiger partial charge < -0.3 is 15.2 Å². The van der Waals surface area contributed by atoms with Crippen LogP contribution in [0.5, 0.6) is 0 Å². The second-order valence-corrected chi connectivity index (χ2v) is 7.69. The molecule has 0 saturated carbocycles. The van der Waals surface area contributed by atoms with Crippen LogP contribution < -0.4 is 5.32 Å². The van der Waals surface area contributed by atoms with E-state index in [1.165, 1.54) is 11.3 Å². The molecule has 0 aromatic carbocycles. The van der Waals surface area contributed by atoms with Gasteiger partial charge in [0.05, 0.1) is 10.4 Å². The van der Waals surface area contributed by atoms with E-state index < -0.39 is 23.1 Å². The number of ether oxygens (including phenoxy) is 1. The molecule has 7 heteroatoms. The second kappa shape index (κ2) is 7.77. The number of nitrogens with zero attached hydrogens (tertiary/aromatic N) is 1. The van der Waals surface area contributed by atoms with Crippen molar-refractivity contribution in [3.8, 4) is 0 Å². The lowest BCUT2D eigenvalue weighted by atomic mass is 9.80. The fraction of sp³-hybridized carbons (Fsp3) is 0.688. The maximum Gasteiger partial charge on any atom is 0.407 e.